The summed E-state index contributed by atoms with van der Waals surface area (Å²) in [6, 6.07) is 0. The highest BCUT2D eigenvalue weighted by molar-refractivity contribution is 5.69. The largest absolute Gasteiger partial charge is 0.480 e. The van der Waals surface area contributed by atoms with E-state index >= 15 is 0 Å². The first-order chi connectivity index (χ1) is 8.69. The maximum Gasteiger partial charge on any atom is 0.317 e. The fraction of sp³-hybridized carbons (Fsp3) is 0.692. The number of carboxylic acid groups (broad SMARTS) is 1. The normalized spacial score (nSPS) is 15.2. The van der Waals surface area contributed by atoms with E-state index in [1.807, 2.05) is 17.4 Å². The molecule has 0 aromatic carbocycles. The molecule has 5 nitrogen and oxygen atoms in total. The number of aromatic nitrogens is 2. The van der Waals surface area contributed by atoms with E-state index in [1.165, 1.54) is 12.8 Å². The van der Waals surface area contributed by atoms with Crippen LogP contribution < -0.4 is 0 Å². The van der Waals surface area contributed by atoms with E-state index in [4.69, 9.17) is 5.11 Å². The van der Waals surface area contributed by atoms with E-state index in [1.54, 1.807) is 0 Å². The summed E-state index contributed by atoms with van der Waals surface area (Å²) in [5.41, 5.74) is 1.11. The second-order valence-corrected chi connectivity index (χ2v) is 5.09. The smallest absolute Gasteiger partial charge is 0.317 e. The van der Waals surface area contributed by atoms with Crippen LogP contribution in [0.5, 0.6) is 0 Å². The van der Waals surface area contributed by atoms with Crippen molar-refractivity contribution in [1.82, 2.24) is 14.5 Å². The van der Waals surface area contributed by atoms with Gasteiger partial charge in [-0.05, 0) is 25.2 Å². The molecular weight excluding hydrogens is 230 g/mol. The van der Waals surface area contributed by atoms with Gasteiger partial charge in [0, 0.05) is 25.8 Å². The van der Waals surface area contributed by atoms with Gasteiger partial charge in [-0.3, -0.25) is 9.69 Å². The number of carboxylic acids is 1. The third-order valence-corrected chi connectivity index (χ3v) is 3.22. The van der Waals surface area contributed by atoms with Gasteiger partial charge >= 0.3 is 5.97 Å². The Hall–Kier alpha value is -1.36. The summed E-state index contributed by atoms with van der Waals surface area (Å²) in [5.74, 6) is -0.0518. The molecule has 1 aromatic heterocycles. The van der Waals surface area contributed by atoms with E-state index in [2.05, 4.69) is 16.5 Å². The van der Waals surface area contributed by atoms with Crippen LogP contribution in [0.3, 0.4) is 0 Å². The molecule has 1 fully saturated rings. The SMILES string of the molecule is CCCn1cncc1CN(CC(=O)O)CC1CC1. The Morgan fingerprint density at radius 3 is 3.00 bits per heavy atom. The molecule has 0 atom stereocenters. The number of rotatable bonds is 8. The van der Waals surface area contributed by atoms with Crippen LogP contribution in [0.4, 0.5) is 0 Å². The zero-order chi connectivity index (χ0) is 13.0. The average Bonchev–Trinajstić information content (AvgIpc) is 3.00. The number of hydrogen-bond acceptors (Lipinski definition) is 3. The van der Waals surface area contributed by atoms with Crippen molar-refractivity contribution >= 4 is 5.97 Å². The maximum atomic E-state index is 10.9. The molecule has 1 N–H and O–H groups in total. The van der Waals surface area contributed by atoms with Gasteiger partial charge in [0.1, 0.15) is 0 Å². The summed E-state index contributed by atoms with van der Waals surface area (Å²) < 4.78 is 2.11. The van der Waals surface area contributed by atoms with Crippen molar-refractivity contribution in [3.8, 4) is 0 Å². The number of nitrogens with zero attached hydrogens (tertiary/aromatic N) is 3. The average molecular weight is 251 g/mol. The quantitative estimate of drug-likeness (QED) is 0.762. The Labute approximate surface area is 107 Å². The van der Waals surface area contributed by atoms with Gasteiger partial charge in [-0.25, -0.2) is 4.98 Å². The molecule has 2 rings (SSSR count). The van der Waals surface area contributed by atoms with Crippen LogP contribution in [0.1, 0.15) is 31.9 Å². The molecule has 0 unspecified atom stereocenters. The highest BCUT2D eigenvalue weighted by Crippen LogP contribution is 2.30. The lowest BCUT2D eigenvalue weighted by molar-refractivity contribution is -0.138. The molecule has 0 aliphatic heterocycles. The van der Waals surface area contributed by atoms with E-state index in [0.717, 1.165) is 25.2 Å². The Balaban J connectivity index is 1.96. The Morgan fingerprint density at radius 1 is 1.61 bits per heavy atom. The minimum absolute atomic E-state index is 0.119. The minimum atomic E-state index is -0.753. The van der Waals surface area contributed by atoms with Crippen molar-refractivity contribution in [2.75, 3.05) is 13.1 Å². The fourth-order valence-corrected chi connectivity index (χ4v) is 2.19. The molecule has 0 bridgehead atoms. The molecule has 1 heterocycles. The molecule has 1 aromatic rings. The van der Waals surface area contributed by atoms with Crippen LogP contribution in [0, 0.1) is 5.92 Å². The van der Waals surface area contributed by atoms with E-state index in [0.29, 0.717) is 12.5 Å². The summed E-state index contributed by atoms with van der Waals surface area (Å²) >= 11 is 0. The highest BCUT2D eigenvalue weighted by Gasteiger charge is 2.25. The van der Waals surface area contributed by atoms with Crippen molar-refractivity contribution in [3.05, 3.63) is 18.2 Å². The lowest BCUT2D eigenvalue weighted by Crippen LogP contribution is -2.32. The third kappa shape index (κ3) is 3.84. The second kappa shape index (κ2) is 6.00. The zero-order valence-electron chi connectivity index (χ0n) is 10.9. The topological polar surface area (TPSA) is 58.4 Å². The molecule has 5 heteroatoms. The molecule has 1 aliphatic carbocycles. The van der Waals surface area contributed by atoms with Crippen LogP contribution in [0.2, 0.25) is 0 Å². The van der Waals surface area contributed by atoms with E-state index in [9.17, 15) is 4.79 Å². The van der Waals surface area contributed by atoms with Crippen LogP contribution in [0.25, 0.3) is 0 Å². The molecule has 1 saturated carbocycles. The second-order valence-electron chi connectivity index (χ2n) is 5.09. The first kappa shape index (κ1) is 13.1. The number of aryl methyl sites for hydroxylation is 1. The Bertz CT molecular complexity index is 399. The van der Waals surface area contributed by atoms with E-state index in [-0.39, 0.29) is 6.54 Å². The summed E-state index contributed by atoms with van der Waals surface area (Å²) in [4.78, 5) is 17.1. The van der Waals surface area contributed by atoms with Crippen molar-refractivity contribution in [2.24, 2.45) is 5.92 Å². The first-order valence-corrected chi connectivity index (χ1v) is 6.62. The Morgan fingerprint density at radius 2 is 2.39 bits per heavy atom. The molecule has 0 spiro atoms. The van der Waals surface area contributed by atoms with Crippen LogP contribution in [-0.4, -0.2) is 38.6 Å². The molecule has 0 radical (unpaired) electrons. The number of imidazole rings is 1. The summed E-state index contributed by atoms with van der Waals surface area (Å²) in [5, 5.41) is 8.95. The van der Waals surface area contributed by atoms with Gasteiger partial charge in [-0.2, -0.15) is 0 Å². The monoisotopic (exact) mass is 251 g/mol. The van der Waals surface area contributed by atoms with Crippen LogP contribution in [0.15, 0.2) is 12.5 Å². The third-order valence-electron chi connectivity index (χ3n) is 3.22. The van der Waals surface area contributed by atoms with Crippen molar-refractivity contribution in [2.45, 2.75) is 39.3 Å². The predicted octanol–water partition coefficient (Wildman–Crippen LogP) is 1.59. The number of carbonyl (C=O) groups is 1. The van der Waals surface area contributed by atoms with Crippen LogP contribution in [-0.2, 0) is 17.9 Å². The van der Waals surface area contributed by atoms with E-state index < -0.39 is 5.97 Å². The summed E-state index contributed by atoms with van der Waals surface area (Å²) in [7, 11) is 0. The minimum Gasteiger partial charge on any atom is -0.480 e. The molecule has 100 valence electrons. The standard InChI is InChI=1S/C13H21N3O2/c1-2-5-16-10-14-6-12(16)8-15(9-13(17)18)7-11-3-4-11/h6,10-11H,2-5,7-9H2,1H3,(H,17,18). The van der Waals surface area contributed by atoms with Gasteiger partial charge in [-0.1, -0.05) is 6.92 Å². The first-order valence-electron chi connectivity index (χ1n) is 6.62. The zero-order valence-corrected chi connectivity index (χ0v) is 10.9. The van der Waals surface area contributed by atoms with Gasteiger partial charge in [-0.15, -0.1) is 0 Å². The van der Waals surface area contributed by atoms with Crippen LogP contribution >= 0.6 is 0 Å². The highest BCUT2D eigenvalue weighted by atomic mass is 16.4. The van der Waals surface area contributed by atoms with Gasteiger partial charge < -0.3 is 9.67 Å². The van der Waals surface area contributed by atoms with Gasteiger partial charge in [0.15, 0.2) is 0 Å². The van der Waals surface area contributed by atoms with Crippen molar-refractivity contribution < 1.29 is 9.90 Å². The van der Waals surface area contributed by atoms with Gasteiger partial charge in [0.2, 0.25) is 0 Å². The fourth-order valence-electron chi connectivity index (χ4n) is 2.19. The molecule has 18 heavy (non-hydrogen) atoms. The summed E-state index contributed by atoms with van der Waals surface area (Å²) in [6.45, 7) is 4.77. The number of aliphatic carboxylic acids is 1. The summed E-state index contributed by atoms with van der Waals surface area (Å²) in [6.07, 6.45) is 7.21. The molecule has 0 saturated heterocycles. The predicted molar refractivity (Wildman–Crippen MR) is 68.2 cm³/mol. The van der Waals surface area contributed by atoms with Gasteiger partial charge in [0.05, 0.1) is 18.6 Å². The molecule has 1 aliphatic rings. The van der Waals surface area contributed by atoms with Crippen molar-refractivity contribution in [3.63, 3.8) is 0 Å². The number of hydrogen-bond donors (Lipinski definition) is 1. The lowest BCUT2D eigenvalue weighted by atomic mass is 10.3. The van der Waals surface area contributed by atoms with Crippen molar-refractivity contribution in [1.29, 1.82) is 0 Å². The maximum absolute atomic E-state index is 10.9. The lowest BCUT2D eigenvalue weighted by Gasteiger charge is -2.20. The molecule has 0 amide bonds. The Kier molecular flexibility index (Phi) is 4.36. The van der Waals surface area contributed by atoms with Gasteiger partial charge in [0.25, 0.3) is 0 Å². The molecular formula is C13H21N3O2.